The molecule has 0 aliphatic rings. The van der Waals surface area contributed by atoms with E-state index in [9.17, 15) is 4.79 Å². The summed E-state index contributed by atoms with van der Waals surface area (Å²) in [5.41, 5.74) is 2.59. The SMILES string of the molecule is COc1cc(/C=C/C(=O)Nc2nc(-c3ccc(SC)cc3)cs2)cc(OC)c1OC. The minimum absolute atomic E-state index is 0.276. The van der Waals surface area contributed by atoms with E-state index in [0.717, 1.165) is 16.8 Å². The van der Waals surface area contributed by atoms with Crippen molar-refractivity contribution < 1.29 is 19.0 Å². The predicted molar refractivity (Wildman–Crippen MR) is 123 cm³/mol. The third-order valence-corrected chi connectivity index (χ3v) is 5.74. The first-order chi connectivity index (χ1) is 14.6. The van der Waals surface area contributed by atoms with Crippen LogP contribution in [-0.2, 0) is 4.79 Å². The molecule has 30 heavy (non-hydrogen) atoms. The fourth-order valence-corrected chi connectivity index (χ4v) is 3.87. The van der Waals surface area contributed by atoms with Crippen LogP contribution in [0.15, 0.2) is 52.7 Å². The molecule has 0 saturated heterocycles. The van der Waals surface area contributed by atoms with E-state index in [-0.39, 0.29) is 5.91 Å². The van der Waals surface area contributed by atoms with E-state index in [0.29, 0.717) is 22.4 Å². The smallest absolute Gasteiger partial charge is 0.250 e. The van der Waals surface area contributed by atoms with Crippen LogP contribution in [0.1, 0.15) is 5.56 Å². The van der Waals surface area contributed by atoms with Crippen LogP contribution in [0.25, 0.3) is 17.3 Å². The molecule has 8 heteroatoms. The fraction of sp³-hybridized carbons (Fsp3) is 0.182. The Balaban J connectivity index is 1.70. The van der Waals surface area contributed by atoms with Crippen LogP contribution in [0, 0.1) is 0 Å². The van der Waals surface area contributed by atoms with Crippen LogP contribution in [0.3, 0.4) is 0 Å². The summed E-state index contributed by atoms with van der Waals surface area (Å²) in [4.78, 5) is 18.0. The largest absolute Gasteiger partial charge is 0.493 e. The average Bonchev–Trinajstić information content (AvgIpc) is 3.25. The second-order valence-electron chi connectivity index (χ2n) is 6.05. The summed E-state index contributed by atoms with van der Waals surface area (Å²) in [7, 11) is 4.64. The van der Waals surface area contributed by atoms with Crippen molar-refractivity contribution in [1.82, 2.24) is 4.98 Å². The molecule has 0 radical (unpaired) electrons. The van der Waals surface area contributed by atoms with Crippen LogP contribution in [-0.4, -0.2) is 38.5 Å². The topological polar surface area (TPSA) is 69.7 Å². The molecule has 0 spiro atoms. The number of nitrogens with one attached hydrogen (secondary N) is 1. The molecular weight excluding hydrogens is 420 g/mol. The van der Waals surface area contributed by atoms with Crippen molar-refractivity contribution in [2.24, 2.45) is 0 Å². The highest BCUT2D eigenvalue weighted by atomic mass is 32.2. The van der Waals surface area contributed by atoms with Gasteiger partial charge in [-0.15, -0.1) is 23.1 Å². The van der Waals surface area contributed by atoms with Gasteiger partial charge in [-0.2, -0.15) is 0 Å². The van der Waals surface area contributed by atoms with Crippen molar-refractivity contribution in [3.05, 3.63) is 53.4 Å². The van der Waals surface area contributed by atoms with Crippen molar-refractivity contribution in [2.75, 3.05) is 32.9 Å². The lowest BCUT2D eigenvalue weighted by Crippen LogP contribution is -2.07. The Morgan fingerprint density at radius 2 is 1.73 bits per heavy atom. The lowest BCUT2D eigenvalue weighted by atomic mass is 10.1. The van der Waals surface area contributed by atoms with E-state index in [4.69, 9.17) is 14.2 Å². The van der Waals surface area contributed by atoms with E-state index in [1.807, 2.05) is 23.8 Å². The van der Waals surface area contributed by atoms with Gasteiger partial charge in [0.25, 0.3) is 0 Å². The van der Waals surface area contributed by atoms with Crippen LogP contribution >= 0.6 is 23.1 Å². The van der Waals surface area contributed by atoms with Gasteiger partial charge in [0.1, 0.15) is 0 Å². The van der Waals surface area contributed by atoms with Gasteiger partial charge in [0, 0.05) is 21.9 Å². The maximum absolute atomic E-state index is 12.3. The highest BCUT2D eigenvalue weighted by molar-refractivity contribution is 7.98. The summed E-state index contributed by atoms with van der Waals surface area (Å²) in [6.45, 7) is 0. The lowest BCUT2D eigenvalue weighted by molar-refractivity contribution is -0.111. The summed E-state index contributed by atoms with van der Waals surface area (Å²) in [6, 6.07) is 11.7. The van der Waals surface area contributed by atoms with Gasteiger partial charge in [0.05, 0.1) is 27.0 Å². The Kier molecular flexibility index (Phi) is 7.37. The molecule has 0 aliphatic heterocycles. The average molecular weight is 443 g/mol. The number of methoxy groups -OCH3 is 3. The van der Waals surface area contributed by atoms with Crippen LogP contribution in [0.5, 0.6) is 17.2 Å². The summed E-state index contributed by atoms with van der Waals surface area (Å²) < 4.78 is 16.0. The second-order valence-corrected chi connectivity index (χ2v) is 7.79. The number of thioether (sulfide) groups is 1. The van der Waals surface area contributed by atoms with Crippen LogP contribution < -0.4 is 19.5 Å². The minimum atomic E-state index is -0.276. The number of carbonyl (C=O) groups excluding carboxylic acids is 1. The van der Waals surface area contributed by atoms with Gasteiger partial charge in [-0.1, -0.05) is 12.1 Å². The quantitative estimate of drug-likeness (QED) is 0.381. The Labute approximate surface area is 183 Å². The molecule has 0 bridgehead atoms. The van der Waals surface area contributed by atoms with Crippen molar-refractivity contribution >= 4 is 40.2 Å². The Morgan fingerprint density at radius 1 is 1.07 bits per heavy atom. The molecule has 1 N–H and O–H groups in total. The molecule has 1 aromatic heterocycles. The molecule has 0 atom stereocenters. The fourth-order valence-electron chi connectivity index (χ4n) is 2.74. The monoisotopic (exact) mass is 442 g/mol. The van der Waals surface area contributed by atoms with Gasteiger partial charge in [0.2, 0.25) is 11.7 Å². The van der Waals surface area contributed by atoms with Crippen molar-refractivity contribution in [3.63, 3.8) is 0 Å². The molecule has 3 aromatic rings. The highest BCUT2D eigenvalue weighted by Crippen LogP contribution is 2.38. The molecule has 0 saturated carbocycles. The summed E-state index contributed by atoms with van der Waals surface area (Å²) in [5.74, 6) is 1.27. The first kappa shape index (κ1) is 21.7. The van der Waals surface area contributed by atoms with Crippen molar-refractivity contribution in [1.29, 1.82) is 0 Å². The molecule has 0 fully saturated rings. The Hall–Kier alpha value is -2.97. The molecule has 156 valence electrons. The molecule has 0 unspecified atom stereocenters. The second kappa shape index (κ2) is 10.2. The molecular formula is C22H22N2O4S2. The highest BCUT2D eigenvalue weighted by Gasteiger charge is 2.12. The minimum Gasteiger partial charge on any atom is -0.493 e. The summed E-state index contributed by atoms with van der Waals surface area (Å²) >= 11 is 3.07. The third kappa shape index (κ3) is 5.14. The predicted octanol–water partition coefficient (Wildman–Crippen LogP) is 5.21. The maximum Gasteiger partial charge on any atom is 0.250 e. The molecule has 1 heterocycles. The lowest BCUT2D eigenvalue weighted by Gasteiger charge is -2.12. The van der Waals surface area contributed by atoms with E-state index in [2.05, 4.69) is 22.4 Å². The van der Waals surface area contributed by atoms with Gasteiger partial charge in [-0.25, -0.2) is 4.98 Å². The zero-order valence-electron chi connectivity index (χ0n) is 17.1. The molecule has 0 aliphatic carbocycles. The molecule has 2 aromatic carbocycles. The number of aromatic nitrogens is 1. The molecule has 3 rings (SSSR count). The number of benzene rings is 2. The van der Waals surface area contributed by atoms with E-state index in [1.54, 1.807) is 51.3 Å². The van der Waals surface area contributed by atoms with Gasteiger partial charge >= 0.3 is 0 Å². The number of thiazole rings is 1. The van der Waals surface area contributed by atoms with Crippen molar-refractivity contribution in [2.45, 2.75) is 4.90 Å². The number of anilines is 1. The van der Waals surface area contributed by atoms with Gasteiger partial charge in [0.15, 0.2) is 16.6 Å². The van der Waals surface area contributed by atoms with Gasteiger partial charge in [-0.05, 0) is 42.2 Å². The van der Waals surface area contributed by atoms with E-state index in [1.165, 1.54) is 22.3 Å². The number of amides is 1. The normalized spacial score (nSPS) is 10.8. The van der Waals surface area contributed by atoms with Crippen molar-refractivity contribution in [3.8, 4) is 28.5 Å². The van der Waals surface area contributed by atoms with E-state index < -0.39 is 0 Å². The van der Waals surface area contributed by atoms with Crippen LogP contribution in [0.4, 0.5) is 5.13 Å². The molecule has 1 amide bonds. The number of hydrogen-bond donors (Lipinski definition) is 1. The standard InChI is InChI=1S/C22H22N2O4S2/c1-26-18-11-14(12-19(27-2)21(18)28-3)5-10-20(25)24-22-23-17(13-30-22)15-6-8-16(29-4)9-7-15/h5-13H,1-4H3,(H,23,24,25)/b10-5+. The number of hydrogen-bond acceptors (Lipinski definition) is 7. The van der Waals surface area contributed by atoms with Crippen LogP contribution in [0.2, 0.25) is 0 Å². The first-order valence-corrected chi connectivity index (χ1v) is 11.1. The summed E-state index contributed by atoms with van der Waals surface area (Å²) in [6.07, 6.45) is 5.15. The van der Waals surface area contributed by atoms with E-state index >= 15 is 0 Å². The molecule has 6 nitrogen and oxygen atoms in total. The zero-order chi connectivity index (χ0) is 21.5. The van der Waals surface area contributed by atoms with Gasteiger partial charge < -0.3 is 14.2 Å². The summed E-state index contributed by atoms with van der Waals surface area (Å²) in [5, 5.41) is 5.26. The third-order valence-electron chi connectivity index (χ3n) is 4.23. The maximum atomic E-state index is 12.3. The zero-order valence-corrected chi connectivity index (χ0v) is 18.7. The van der Waals surface area contributed by atoms with Gasteiger partial charge in [-0.3, -0.25) is 10.1 Å². The number of rotatable bonds is 8. The number of ether oxygens (including phenoxy) is 3. The Bertz CT molecular complexity index is 1020. The first-order valence-electron chi connectivity index (χ1n) is 8.97. The number of carbonyl (C=O) groups is 1. The Morgan fingerprint density at radius 3 is 2.30 bits per heavy atom. The number of nitrogens with zero attached hydrogens (tertiary/aromatic N) is 1.